The zero-order chi connectivity index (χ0) is 36.2. The molecule has 0 aliphatic heterocycles. The Bertz CT molecular complexity index is 1860. The topological polar surface area (TPSA) is 37.2 Å². The summed E-state index contributed by atoms with van der Waals surface area (Å²) in [5.41, 5.74) is 14.7. The average molecular weight is 669 g/mol. The fourth-order valence-corrected chi connectivity index (χ4v) is 8.50. The molecular weight excluding hydrogens is 607 g/mol. The van der Waals surface area contributed by atoms with Gasteiger partial charge in [0.1, 0.15) is 5.58 Å². The predicted octanol–water partition coefficient (Wildman–Crippen LogP) is 10.5. The molecule has 0 radical (unpaired) electrons. The van der Waals surface area contributed by atoms with Gasteiger partial charge in [-0.3, -0.25) is 0 Å². The van der Waals surface area contributed by atoms with E-state index in [1.807, 2.05) is 6.08 Å². The Balaban J connectivity index is 1.49. The van der Waals surface area contributed by atoms with Crippen molar-refractivity contribution >= 4 is 34.5 Å². The summed E-state index contributed by atoms with van der Waals surface area (Å²) in [4.78, 5) is 0. The van der Waals surface area contributed by atoms with Gasteiger partial charge in [-0.05, 0) is 124 Å². The molecule has 0 spiro atoms. The summed E-state index contributed by atoms with van der Waals surface area (Å²) in [5.74, 6) is 0.471. The number of furan rings is 1. The molecule has 50 heavy (non-hydrogen) atoms. The Morgan fingerprint density at radius 1 is 0.780 bits per heavy atom. The third-order valence-corrected chi connectivity index (χ3v) is 12.3. The van der Waals surface area contributed by atoms with Crippen LogP contribution in [0.1, 0.15) is 134 Å². The van der Waals surface area contributed by atoms with Gasteiger partial charge in [-0.1, -0.05) is 117 Å². The van der Waals surface area contributed by atoms with Crippen LogP contribution in [-0.2, 0) is 21.7 Å². The Kier molecular flexibility index (Phi) is 9.61. The second kappa shape index (κ2) is 13.2. The molecule has 2 aliphatic rings. The molecule has 0 saturated heterocycles. The van der Waals surface area contributed by atoms with Crippen LogP contribution in [0.4, 0.5) is 5.69 Å². The summed E-state index contributed by atoms with van der Waals surface area (Å²) < 4.78 is 6.96. The Labute approximate surface area is 303 Å². The number of nitrogens with one attached hydrogen (secondary N) is 2. The first-order valence-electron chi connectivity index (χ1n) is 19.0. The minimum Gasteiger partial charge on any atom is -0.470 e. The van der Waals surface area contributed by atoms with E-state index in [4.69, 9.17) is 4.42 Å². The fraction of sp³-hybridized carbons (Fsp3) is 0.478. The Morgan fingerprint density at radius 3 is 1.88 bits per heavy atom. The second-order valence-corrected chi connectivity index (χ2v) is 18.4. The lowest BCUT2D eigenvalue weighted by Crippen LogP contribution is -2.46. The molecule has 3 nitrogen and oxygen atoms in total. The SMILES string of the molecule is C=CCNC/C(=C/Nc1cc2c(cc1C)C(C)(C)CCC2(C)C)B(c1ccc(C(C)C)cc1)c1cc2cc3c(cc2o1)C(C)(C)CCC3(C)C. The van der Waals surface area contributed by atoms with Crippen LogP contribution in [0.2, 0.25) is 0 Å². The molecule has 1 heterocycles. The highest BCUT2D eigenvalue weighted by Gasteiger charge is 2.39. The average Bonchev–Trinajstić information content (AvgIpc) is 3.47. The number of fused-ring (bicyclic) bond motifs is 3. The molecule has 0 atom stereocenters. The lowest BCUT2D eigenvalue weighted by atomic mass is 9.38. The Hall–Kier alpha value is -3.50. The summed E-state index contributed by atoms with van der Waals surface area (Å²) >= 11 is 0. The van der Waals surface area contributed by atoms with Crippen molar-refractivity contribution in [2.24, 2.45) is 0 Å². The van der Waals surface area contributed by atoms with E-state index in [2.05, 4.69) is 154 Å². The van der Waals surface area contributed by atoms with E-state index < -0.39 is 0 Å². The van der Waals surface area contributed by atoms with Gasteiger partial charge in [0.25, 0.3) is 6.71 Å². The standard InChI is InChI=1S/C46H61BN2O/c1-13-22-48-28-35(29-49-40-26-38-36(23-31(40)4)43(5,6)18-20-45(38,9)10)47(34-16-14-32(15-17-34)30(2)3)42-25-33-24-37-39(27-41(33)50-42)46(11,12)21-19-44(37,7)8/h13-17,23-27,29-30,48-49H,1,18-22,28H2,2-12H3/b35-29-. The van der Waals surface area contributed by atoms with Crippen LogP contribution >= 0.6 is 0 Å². The van der Waals surface area contributed by atoms with Crippen LogP contribution in [0, 0.1) is 6.92 Å². The first-order valence-corrected chi connectivity index (χ1v) is 19.0. The molecule has 264 valence electrons. The van der Waals surface area contributed by atoms with Crippen molar-refractivity contribution in [2.45, 2.75) is 129 Å². The minimum atomic E-state index is -0.0696. The highest BCUT2D eigenvalue weighted by molar-refractivity contribution is 6.90. The van der Waals surface area contributed by atoms with Crippen molar-refractivity contribution in [3.05, 3.63) is 112 Å². The van der Waals surface area contributed by atoms with E-state index in [1.54, 1.807) is 0 Å². The van der Waals surface area contributed by atoms with Gasteiger partial charge in [0.2, 0.25) is 0 Å². The quantitative estimate of drug-likeness (QED) is 0.100. The van der Waals surface area contributed by atoms with Gasteiger partial charge in [0.05, 0.1) is 5.66 Å². The van der Waals surface area contributed by atoms with Gasteiger partial charge in [-0.15, -0.1) is 6.58 Å². The van der Waals surface area contributed by atoms with Gasteiger partial charge in [0.15, 0.2) is 0 Å². The number of aryl methyl sites for hydroxylation is 1. The van der Waals surface area contributed by atoms with Crippen LogP contribution < -0.4 is 21.8 Å². The van der Waals surface area contributed by atoms with Crippen molar-refractivity contribution in [3.8, 4) is 0 Å². The highest BCUT2D eigenvalue weighted by Crippen LogP contribution is 2.48. The third-order valence-electron chi connectivity index (χ3n) is 12.3. The molecule has 1 aromatic heterocycles. The minimum absolute atomic E-state index is 0.0696. The smallest absolute Gasteiger partial charge is 0.286 e. The van der Waals surface area contributed by atoms with Gasteiger partial charge in [-0.2, -0.15) is 0 Å². The molecule has 0 bridgehead atoms. The third kappa shape index (κ3) is 6.90. The molecule has 0 saturated carbocycles. The first-order chi connectivity index (χ1) is 23.4. The predicted molar refractivity (Wildman–Crippen MR) is 218 cm³/mol. The van der Waals surface area contributed by atoms with Crippen molar-refractivity contribution in [1.29, 1.82) is 0 Å². The lowest BCUT2D eigenvalue weighted by Gasteiger charge is -2.42. The van der Waals surface area contributed by atoms with Crippen LogP contribution in [0.5, 0.6) is 0 Å². The second-order valence-electron chi connectivity index (χ2n) is 18.4. The van der Waals surface area contributed by atoms with E-state index in [9.17, 15) is 0 Å². The molecule has 3 aromatic carbocycles. The maximum Gasteiger partial charge on any atom is 0.286 e. The van der Waals surface area contributed by atoms with Crippen LogP contribution in [0.3, 0.4) is 0 Å². The van der Waals surface area contributed by atoms with E-state index in [1.165, 1.54) is 81.1 Å². The zero-order valence-corrected chi connectivity index (χ0v) is 32.9. The maximum atomic E-state index is 6.96. The van der Waals surface area contributed by atoms with Crippen molar-refractivity contribution in [1.82, 2.24) is 5.32 Å². The van der Waals surface area contributed by atoms with Crippen molar-refractivity contribution in [2.75, 3.05) is 18.4 Å². The van der Waals surface area contributed by atoms with Crippen LogP contribution in [0.15, 0.2) is 83.3 Å². The Morgan fingerprint density at radius 2 is 1.32 bits per heavy atom. The number of rotatable bonds is 10. The molecule has 0 amide bonds. The summed E-state index contributed by atoms with van der Waals surface area (Å²) in [6, 6.07) is 21.1. The number of anilines is 1. The lowest BCUT2D eigenvalue weighted by molar-refractivity contribution is 0.332. The summed E-state index contributed by atoms with van der Waals surface area (Å²) in [6.45, 7) is 31.3. The van der Waals surface area contributed by atoms with Crippen molar-refractivity contribution in [3.63, 3.8) is 0 Å². The fourth-order valence-electron chi connectivity index (χ4n) is 8.50. The molecule has 2 N–H and O–H groups in total. The van der Waals surface area contributed by atoms with Gasteiger partial charge < -0.3 is 15.1 Å². The zero-order valence-electron chi connectivity index (χ0n) is 32.9. The molecule has 6 rings (SSSR count). The number of benzene rings is 3. The number of hydrogen-bond acceptors (Lipinski definition) is 3. The van der Waals surface area contributed by atoms with E-state index in [-0.39, 0.29) is 28.4 Å². The number of hydrogen-bond donors (Lipinski definition) is 2. The molecule has 0 fully saturated rings. The highest BCUT2D eigenvalue weighted by atomic mass is 16.3. The van der Waals surface area contributed by atoms with Crippen LogP contribution in [0.25, 0.3) is 11.0 Å². The molecule has 4 aromatic rings. The van der Waals surface area contributed by atoms with Crippen LogP contribution in [-0.4, -0.2) is 19.8 Å². The largest absolute Gasteiger partial charge is 0.470 e. The van der Waals surface area contributed by atoms with Gasteiger partial charge >= 0.3 is 0 Å². The first kappa shape index (κ1) is 36.3. The molecular formula is C46H61BN2O. The monoisotopic (exact) mass is 668 g/mol. The van der Waals surface area contributed by atoms with E-state index in [0.717, 1.165) is 17.8 Å². The molecule has 4 heteroatoms. The van der Waals surface area contributed by atoms with Crippen molar-refractivity contribution < 1.29 is 4.42 Å². The maximum absolute atomic E-state index is 6.96. The normalized spacial score (nSPS) is 18.8. The van der Waals surface area contributed by atoms with E-state index in [0.29, 0.717) is 12.5 Å². The molecule has 0 unspecified atom stereocenters. The van der Waals surface area contributed by atoms with Gasteiger partial charge in [-0.25, -0.2) is 0 Å². The summed E-state index contributed by atoms with van der Waals surface area (Å²) in [7, 11) is 0. The summed E-state index contributed by atoms with van der Waals surface area (Å²) in [6.07, 6.45) is 8.96. The summed E-state index contributed by atoms with van der Waals surface area (Å²) in [5, 5.41) is 8.67. The van der Waals surface area contributed by atoms with E-state index >= 15 is 0 Å². The molecule has 2 aliphatic carbocycles. The van der Waals surface area contributed by atoms with Gasteiger partial charge in [0, 0.05) is 24.2 Å².